The molecule has 0 saturated carbocycles. The van der Waals surface area contributed by atoms with Crippen molar-refractivity contribution < 1.29 is 9.59 Å². The minimum absolute atomic E-state index is 0.0431. The second kappa shape index (κ2) is 7.00. The highest BCUT2D eigenvalue weighted by atomic mass is 32.1. The summed E-state index contributed by atoms with van der Waals surface area (Å²) in [5, 5.41) is 4.98. The molecule has 0 fully saturated rings. The van der Waals surface area contributed by atoms with E-state index in [9.17, 15) is 9.59 Å². The molecule has 92 valence electrons. The second-order valence-electron chi connectivity index (χ2n) is 3.71. The zero-order valence-electron chi connectivity index (χ0n) is 9.45. The van der Waals surface area contributed by atoms with Crippen LogP contribution in [0.2, 0.25) is 0 Å². The molecule has 0 aromatic carbocycles. The lowest BCUT2D eigenvalue weighted by atomic mass is 9.95. The topological polar surface area (TPSA) is 110 Å². The van der Waals surface area contributed by atoms with Crippen LogP contribution in [-0.2, 0) is 4.79 Å². The summed E-state index contributed by atoms with van der Waals surface area (Å²) in [7, 11) is 0. The van der Waals surface area contributed by atoms with Gasteiger partial charge in [-0.15, -0.1) is 0 Å². The fraction of sp³-hybridized carbons (Fsp3) is 0.667. The van der Waals surface area contributed by atoms with Crippen molar-refractivity contribution in [3.63, 3.8) is 0 Å². The predicted octanol–water partition coefficient (Wildman–Crippen LogP) is -0.671. The van der Waals surface area contributed by atoms with Gasteiger partial charge in [0.05, 0.1) is 10.9 Å². The van der Waals surface area contributed by atoms with Crippen molar-refractivity contribution in [2.75, 3.05) is 13.1 Å². The summed E-state index contributed by atoms with van der Waals surface area (Å²) in [6.07, 6.45) is 0. The van der Waals surface area contributed by atoms with Crippen molar-refractivity contribution in [1.29, 1.82) is 0 Å². The molecule has 0 radical (unpaired) electrons. The summed E-state index contributed by atoms with van der Waals surface area (Å²) in [4.78, 5) is 22.2. The maximum absolute atomic E-state index is 11.6. The molecule has 6 N–H and O–H groups in total. The van der Waals surface area contributed by atoms with Crippen molar-refractivity contribution >= 4 is 29.1 Å². The zero-order chi connectivity index (χ0) is 12.7. The molecular weight excluding hydrogens is 228 g/mol. The van der Waals surface area contributed by atoms with Crippen LogP contribution in [0.4, 0.5) is 4.79 Å². The van der Waals surface area contributed by atoms with E-state index < -0.39 is 11.9 Å². The van der Waals surface area contributed by atoms with E-state index in [2.05, 4.69) is 10.6 Å². The van der Waals surface area contributed by atoms with Crippen LogP contribution in [0.3, 0.4) is 0 Å². The number of carbonyl (C=O) groups is 2. The first-order chi connectivity index (χ1) is 7.36. The third-order valence-electron chi connectivity index (χ3n) is 1.98. The number of hydrogen-bond acceptors (Lipinski definition) is 3. The minimum Gasteiger partial charge on any atom is -0.393 e. The van der Waals surface area contributed by atoms with Crippen LogP contribution in [0.25, 0.3) is 0 Å². The van der Waals surface area contributed by atoms with Crippen molar-refractivity contribution in [3.8, 4) is 0 Å². The van der Waals surface area contributed by atoms with Gasteiger partial charge in [-0.25, -0.2) is 4.79 Å². The number of amides is 3. The van der Waals surface area contributed by atoms with Gasteiger partial charge < -0.3 is 22.1 Å². The molecular formula is C9H18N4O2S. The highest BCUT2D eigenvalue weighted by molar-refractivity contribution is 7.80. The zero-order valence-corrected chi connectivity index (χ0v) is 10.3. The second-order valence-corrected chi connectivity index (χ2v) is 4.18. The third-order valence-corrected chi connectivity index (χ3v) is 2.23. The maximum Gasteiger partial charge on any atom is 0.312 e. The number of nitrogens with one attached hydrogen (secondary N) is 2. The number of rotatable bonds is 6. The van der Waals surface area contributed by atoms with E-state index in [1.807, 2.05) is 13.8 Å². The molecule has 0 rings (SSSR count). The van der Waals surface area contributed by atoms with Gasteiger partial charge in [-0.3, -0.25) is 4.79 Å². The van der Waals surface area contributed by atoms with E-state index in [4.69, 9.17) is 23.7 Å². The Balaban J connectivity index is 4.03. The van der Waals surface area contributed by atoms with Gasteiger partial charge in [0.2, 0.25) is 5.91 Å². The lowest BCUT2D eigenvalue weighted by Gasteiger charge is -2.18. The summed E-state index contributed by atoms with van der Waals surface area (Å²) >= 11 is 4.82. The third kappa shape index (κ3) is 5.50. The largest absolute Gasteiger partial charge is 0.393 e. The number of thiocarbonyl (C=S) groups is 1. The Kier molecular flexibility index (Phi) is 6.40. The van der Waals surface area contributed by atoms with Crippen LogP contribution in [0.5, 0.6) is 0 Å². The van der Waals surface area contributed by atoms with Gasteiger partial charge in [0.1, 0.15) is 0 Å². The van der Waals surface area contributed by atoms with Crippen LogP contribution >= 0.6 is 12.2 Å². The molecule has 3 amide bonds. The molecule has 0 aromatic heterocycles. The van der Waals surface area contributed by atoms with Gasteiger partial charge in [-0.2, -0.15) is 0 Å². The summed E-state index contributed by atoms with van der Waals surface area (Å²) in [5.74, 6) is -0.668. The van der Waals surface area contributed by atoms with Crippen LogP contribution in [0, 0.1) is 11.8 Å². The lowest BCUT2D eigenvalue weighted by Crippen LogP contribution is -2.44. The molecule has 1 unspecified atom stereocenters. The van der Waals surface area contributed by atoms with Crippen molar-refractivity contribution in [2.45, 2.75) is 13.8 Å². The quantitative estimate of drug-likeness (QED) is 0.368. The van der Waals surface area contributed by atoms with Crippen LogP contribution in [0.15, 0.2) is 0 Å². The first kappa shape index (κ1) is 14.6. The monoisotopic (exact) mass is 246 g/mol. The van der Waals surface area contributed by atoms with Gasteiger partial charge in [0.15, 0.2) is 0 Å². The molecule has 1 atom stereocenters. The fourth-order valence-corrected chi connectivity index (χ4v) is 1.62. The summed E-state index contributed by atoms with van der Waals surface area (Å²) < 4.78 is 0. The van der Waals surface area contributed by atoms with Gasteiger partial charge in [0.25, 0.3) is 0 Å². The Bertz CT molecular complexity index is 281. The van der Waals surface area contributed by atoms with E-state index in [0.717, 1.165) is 0 Å². The molecule has 0 aliphatic heterocycles. The molecule has 16 heavy (non-hydrogen) atoms. The van der Waals surface area contributed by atoms with Crippen LogP contribution in [-0.4, -0.2) is 30.0 Å². The smallest absolute Gasteiger partial charge is 0.312 e. The molecule has 0 spiro atoms. The molecule has 0 aliphatic rings. The number of hydrogen-bond donors (Lipinski definition) is 4. The Morgan fingerprint density at radius 1 is 1.19 bits per heavy atom. The van der Waals surface area contributed by atoms with E-state index >= 15 is 0 Å². The van der Waals surface area contributed by atoms with Crippen molar-refractivity contribution in [3.05, 3.63) is 0 Å². The fourth-order valence-electron chi connectivity index (χ4n) is 1.24. The Morgan fingerprint density at radius 3 is 2.06 bits per heavy atom. The Morgan fingerprint density at radius 2 is 1.69 bits per heavy atom. The van der Waals surface area contributed by atoms with Crippen molar-refractivity contribution in [1.82, 2.24) is 10.6 Å². The number of primary amides is 1. The summed E-state index contributed by atoms with van der Waals surface area (Å²) in [6, 6.07) is -0.621. The standard InChI is InChI=1S/C9H18N4O2S/c1-5(2)6(7(10)16)8(14)12-3-4-13-9(11)15/h5-6H,3-4H2,1-2H3,(H2,10,16)(H,12,14)(H3,11,13,15). The highest BCUT2D eigenvalue weighted by Crippen LogP contribution is 2.10. The van der Waals surface area contributed by atoms with Crippen LogP contribution in [0.1, 0.15) is 13.8 Å². The molecule has 7 heteroatoms. The maximum atomic E-state index is 11.6. The lowest BCUT2D eigenvalue weighted by molar-refractivity contribution is -0.123. The Hall–Kier alpha value is -1.37. The molecule has 0 saturated heterocycles. The van der Waals surface area contributed by atoms with Gasteiger partial charge >= 0.3 is 6.03 Å². The number of carbonyl (C=O) groups excluding carboxylic acids is 2. The first-order valence-electron chi connectivity index (χ1n) is 4.96. The normalized spacial score (nSPS) is 11.9. The average Bonchev–Trinajstić information content (AvgIpc) is 2.10. The molecule has 6 nitrogen and oxygen atoms in total. The highest BCUT2D eigenvalue weighted by Gasteiger charge is 2.24. The van der Waals surface area contributed by atoms with Crippen LogP contribution < -0.4 is 22.1 Å². The Labute approximate surface area is 100 Å². The average molecular weight is 246 g/mol. The predicted molar refractivity (Wildman–Crippen MR) is 65.7 cm³/mol. The van der Waals surface area contributed by atoms with E-state index in [1.165, 1.54) is 0 Å². The van der Waals surface area contributed by atoms with Crippen molar-refractivity contribution in [2.24, 2.45) is 23.3 Å². The van der Waals surface area contributed by atoms with Gasteiger partial charge in [0, 0.05) is 13.1 Å². The van der Waals surface area contributed by atoms with E-state index in [-0.39, 0.29) is 23.4 Å². The van der Waals surface area contributed by atoms with E-state index in [1.54, 1.807) is 0 Å². The SMILES string of the molecule is CC(C)C(C(=O)NCCNC(N)=O)C(N)=S. The number of nitrogens with two attached hydrogens (primary N) is 2. The minimum atomic E-state index is -0.621. The summed E-state index contributed by atoms with van der Waals surface area (Å²) in [6.45, 7) is 4.31. The number of urea groups is 1. The van der Waals surface area contributed by atoms with Gasteiger partial charge in [-0.1, -0.05) is 26.1 Å². The first-order valence-corrected chi connectivity index (χ1v) is 5.37. The van der Waals surface area contributed by atoms with Gasteiger partial charge in [-0.05, 0) is 5.92 Å². The molecule has 0 heterocycles. The summed E-state index contributed by atoms with van der Waals surface area (Å²) in [5.41, 5.74) is 10.3. The molecule has 0 aromatic rings. The molecule has 0 bridgehead atoms. The molecule has 0 aliphatic carbocycles. The van der Waals surface area contributed by atoms with E-state index in [0.29, 0.717) is 6.54 Å².